The average molecular weight is 272 g/mol. The second-order valence-corrected chi connectivity index (χ2v) is 5.20. The van der Waals surface area contributed by atoms with Gasteiger partial charge in [0.25, 0.3) is 0 Å². The van der Waals surface area contributed by atoms with Gasteiger partial charge in [0.2, 0.25) is 5.91 Å². The van der Waals surface area contributed by atoms with Crippen molar-refractivity contribution in [3.05, 3.63) is 16.7 Å². The van der Waals surface area contributed by atoms with Gasteiger partial charge >= 0.3 is 0 Å². The van der Waals surface area contributed by atoms with Crippen LogP contribution in [0.5, 0.6) is 11.5 Å². The summed E-state index contributed by atoms with van der Waals surface area (Å²) < 4.78 is 0. The van der Waals surface area contributed by atoms with Crippen molar-refractivity contribution < 1.29 is 15.0 Å². The largest absolute Gasteiger partial charge is 0.506 e. The van der Waals surface area contributed by atoms with Gasteiger partial charge in [0, 0.05) is 11.5 Å². The highest BCUT2D eigenvalue weighted by molar-refractivity contribution is 6.34. The van der Waals surface area contributed by atoms with E-state index in [0.717, 1.165) is 0 Å². The van der Waals surface area contributed by atoms with Crippen LogP contribution in [0.4, 0.5) is 5.69 Å². The van der Waals surface area contributed by atoms with Crippen LogP contribution in [0.3, 0.4) is 0 Å². The van der Waals surface area contributed by atoms with Gasteiger partial charge < -0.3 is 15.5 Å². The molecule has 0 aliphatic rings. The molecule has 1 aromatic carbocycles. The standard InChI is InChI=1S/C13H18ClNO3/c1-6(2)8-5-9(15-13(18)7(3)4)12(17)10(14)11(8)16/h5-7,16-17H,1-4H3,(H,15,18). The van der Waals surface area contributed by atoms with E-state index >= 15 is 0 Å². The molecule has 0 aliphatic heterocycles. The van der Waals surface area contributed by atoms with Gasteiger partial charge in [-0.1, -0.05) is 39.3 Å². The first-order chi connectivity index (χ1) is 8.25. The summed E-state index contributed by atoms with van der Waals surface area (Å²) >= 11 is 5.84. The Kier molecular flexibility index (Phi) is 4.46. The molecule has 0 aliphatic carbocycles. The lowest BCUT2D eigenvalue weighted by Gasteiger charge is -2.16. The summed E-state index contributed by atoms with van der Waals surface area (Å²) in [4.78, 5) is 11.6. The van der Waals surface area contributed by atoms with E-state index in [4.69, 9.17) is 11.6 Å². The Bertz CT molecular complexity index is 470. The zero-order chi connectivity index (χ0) is 14.0. The van der Waals surface area contributed by atoms with E-state index in [1.54, 1.807) is 19.9 Å². The fourth-order valence-corrected chi connectivity index (χ4v) is 1.67. The van der Waals surface area contributed by atoms with Gasteiger partial charge in [0.1, 0.15) is 10.8 Å². The van der Waals surface area contributed by atoms with Crippen LogP contribution in [0.25, 0.3) is 0 Å². The van der Waals surface area contributed by atoms with Crippen LogP contribution >= 0.6 is 11.6 Å². The van der Waals surface area contributed by atoms with Crippen LogP contribution in [0, 0.1) is 5.92 Å². The monoisotopic (exact) mass is 271 g/mol. The number of nitrogens with one attached hydrogen (secondary N) is 1. The van der Waals surface area contributed by atoms with Gasteiger partial charge in [-0.05, 0) is 12.0 Å². The van der Waals surface area contributed by atoms with Crippen LogP contribution < -0.4 is 5.32 Å². The van der Waals surface area contributed by atoms with Crippen molar-refractivity contribution >= 4 is 23.2 Å². The number of hydrogen-bond donors (Lipinski definition) is 3. The van der Waals surface area contributed by atoms with E-state index in [2.05, 4.69) is 5.32 Å². The van der Waals surface area contributed by atoms with Gasteiger partial charge in [-0.15, -0.1) is 0 Å². The first-order valence-electron chi connectivity index (χ1n) is 5.80. The number of carbonyl (C=O) groups excluding carboxylic acids is 1. The van der Waals surface area contributed by atoms with Gasteiger partial charge in [-0.2, -0.15) is 0 Å². The molecule has 18 heavy (non-hydrogen) atoms. The van der Waals surface area contributed by atoms with E-state index in [1.165, 1.54) is 0 Å². The summed E-state index contributed by atoms with van der Waals surface area (Å²) in [5.74, 6) is -0.863. The predicted octanol–water partition coefficient (Wildman–Crippen LogP) is 3.47. The molecule has 0 saturated carbocycles. The number of halogens is 1. The van der Waals surface area contributed by atoms with E-state index in [1.807, 2.05) is 13.8 Å². The fourth-order valence-electron chi connectivity index (χ4n) is 1.46. The van der Waals surface area contributed by atoms with Crippen molar-refractivity contribution in [3.63, 3.8) is 0 Å². The molecule has 0 spiro atoms. The molecule has 0 heterocycles. The third-order valence-corrected chi connectivity index (χ3v) is 3.01. The summed E-state index contributed by atoms with van der Waals surface area (Å²) in [7, 11) is 0. The minimum absolute atomic E-state index is 0.0257. The van der Waals surface area contributed by atoms with Crippen molar-refractivity contribution in [3.8, 4) is 11.5 Å². The summed E-state index contributed by atoms with van der Waals surface area (Å²) in [6, 6.07) is 1.54. The minimum atomic E-state index is -0.312. The van der Waals surface area contributed by atoms with Crippen molar-refractivity contribution in [2.45, 2.75) is 33.6 Å². The second kappa shape index (κ2) is 5.48. The summed E-state index contributed by atoms with van der Waals surface area (Å²) in [6.07, 6.45) is 0. The van der Waals surface area contributed by atoms with E-state index in [9.17, 15) is 15.0 Å². The molecule has 0 aromatic heterocycles. The molecule has 0 fully saturated rings. The number of rotatable bonds is 3. The molecular weight excluding hydrogens is 254 g/mol. The molecular formula is C13H18ClNO3. The fraction of sp³-hybridized carbons (Fsp3) is 0.462. The molecule has 0 radical (unpaired) electrons. The maximum Gasteiger partial charge on any atom is 0.227 e. The smallest absolute Gasteiger partial charge is 0.227 e. The number of benzene rings is 1. The summed E-state index contributed by atoms with van der Waals surface area (Å²) in [5.41, 5.74) is 0.803. The van der Waals surface area contributed by atoms with Gasteiger partial charge in [0.15, 0.2) is 5.75 Å². The Balaban J connectivity index is 3.24. The maximum absolute atomic E-state index is 11.6. The van der Waals surface area contributed by atoms with Crippen molar-refractivity contribution in [2.75, 3.05) is 5.32 Å². The van der Waals surface area contributed by atoms with E-state index < -0.39 is 0 Å². The number of anilines is 1. The first kappa shape index (κ1) is 14.6. The van der Waals surface area contributed by atoms with Crippen LogP contribution in [-0.2, 0) is 4.79 Å². The molecule has 0 bridgehead atoms. The van der Waals surface area contributed by atoms with E-state index in [0.29, 0.717) is 5.56 Å². The van der Waals surface area contributed by atoms with Gasteiger partial charge in [-0.3, -0.25) is 4.79 Å². The molecule has 0 saturated heterocycles. The zero-order valence-electron chi connectivity index (χ0n) is 10.9. The number of aromatic hydroxyl groups is 2. The molecule has 3 N–H and O–H groups in total. The number of phenolic OH excluding ortho intramolecular Hbond substituents is 2. The normalized spacial score (nSPS) is 11.1. The van der Waals surface area contributed by atoms with Crippen LogP contribution in [0.15, 0.2) is 6.07 Å². The lowest BCUT2D eigenvalue weighted by molar-refractivity contribution is -0.118. The Morgan fingerprint density at radius 3 is 2.22 bits per heavy atom. The van der Waals surface area contributed by atoms with Crippen molar-refractivity contribution in [1.82, 2.24) is 0 Å². The first-order valence-corrected chi connectivity index (χ1v) is 6.18. The predicted molar refractivity (Wildman–Crippen MR) is 72.3 cm³/mol. The summed E-state index contributed by atoms with van der Waals surface area (Å²) in [6.45, 7) is 7.27. The zero-order valence-corrected chi connectivity index (χ0v) is 11.7. The van der Waals surface area contributed by atoms with Crippen LogP contribution in [0.1, 0.15) is 39.2 Å². The average Bonchev–Trinajstić information content (AvgIpc) is 2.29. The number of amides is 1. The molecule has 1 amide bonds. The maximum atomic E-state index is 11.6. The van der Waals surface area contributed by atoms with Gasteiger partial charge in [0.05, 0.1) is 5.69 Å². The lowest BCUT2D eigenvalue weighted by atomic mass is 10.0. The minimum Gasteiger partial charge on any atom is -0.506 e. The quantitative estimate of drug-likeness (QED) is 0.582. The topological polar surface area (TPSA) is 69.6 Å². The Morgan fingerprint density at radius 1 is 1.22 bits per heavy atom. The number of phenols is 2. The SMILES string of the molecule is CC(C)C(=O)Nc1cc(C(C)C)c(O)c(Cl)c1O. The lowest BCUT2D eigenvalue weighted by Crippen LogP contribution is -2.18. The molecule has 4 nitrogen and oxygen atoms in total. The Labute approximate surface area is 112 Å². The molecule has 0 atom stereocenters. The molecule has 100 valence electrons. The van der Waals surface area contributed by atoms with Crippen LogP contribution in [-0.4, -0.2) is 16.1 Å². The highest BCUT2D eigenvalue weighted by Gasteiger charge is 2.19. The molecule has 1 rings (SSSR count). The highest BCUT2D eigenvalue weighted by Crippen LogP contribution is 2.43. The third kappa shape index (κ3) is 2.88. The third-order valence-electron chi connectivity index (χ3n) is 2.65. The van der Waals surface area contributed by atoms with Gasteiger partial charge in [-0.25, -0.2) is 0 Å². The highest BCUT2D eigenvalue weighted by atomic mass is 35.5. The number of hydrogen-bond acceptors (Lipinski definition) is 3. The van der Waals surface area contributed by atoms with Crippen LogP contribution in [0.2, 0.25) is 5.02 Å². The molecule has 1 aromatic rings. The number of carbonyl (C=O) groups is 1. The van der Waals surface area contributed by atoms with Crippen molar-refractivity contribution in [1.29, 1.82) is 0 Å². The summed E-state index contributed by atoms with van der Waals surface area (Å²) in [5, 5.41) is 22.1. The Hall–Kier alpha value is -1.42. The van der Waals surface area contributed by atoms with Crippen molar-refractivity contribution in [2.24, 2.45) is 5.92 Å². The van der Waals surface area contributed by atoms with E-state index in [-0.39, 0.29) is 40.0 Å². The Morgan fingerprint density at radius 2 is 1.78 bits per heavy atom. The second-order valence-electron chi connectivity index (χ2n) is 4.82. The molecule has 0 unspecified atom stereocenters. The molecule has 5 heteroatoms.